The molecule has 0 spiro atoms. The Labute approximate surface area is 111 Å². The second-order valence-electron chi connectivity index (χ2n) is 4.14. The fourth-order valence-electron chi connectivity index (χ4n) is 1.83. The summed E-state index contributed by atoms with van der Waals surface area (Å²) in [7, 11) is 0. The van der Waals surface area contributed by atoms with Crippen molar-refractivity contribution in [3.63, 3.8) is 0 Å². The Morgan fingerprint density at radius 3 is 2.76 bits per heavy atom. The molecule has 2 rings (SSSR count). The predicted molar refractivity (Wildman–Crippen MR) is 72.1 cm³/mol. The number of carbonyl (C=O) groups excluding carboxylic acids is 1. The van der Waals surface area contributed by atoms with Crippen LogP contribution in [0.15, 0.2) is 24.3 Å². The molecule has 0 aliphatic carbocycles. The Morgan fingerprint density at radius 1 is 1.47 bits per heavy atom. The predicted octanol–water partition coefficient (Wildman–Crippen LogP) is 3.43. The van der Waals surface area contributed by atoms with Gasteiger partial charge < -0.3 is 4.74 Å². The van der Waals surface area contributed by atoms with Crippen molar-refractivity contribution in [1.29, 1.82) is 0 Å². The van der Waals surface area contributed by atoms with Crippen LogP contribution in [-0.4, -0.2) is 29.5 Å². The Bertz CT molecular complexity index is 391. The van der Waals surface area contributed by atoms with Gasteiger partial charge in [-0.3, -0.25) is 4.79 Å². The van der Waals surface area contributed by atoms with Gasteiger partial charge in [0.15, 0.2) is 5.78 Å². The van der Waals surface area contributed by atoms with E-state index in [1.165, 1.54) is 0 Å². The van der Waals surface area contributed by atoms with Crippen molar-refractivity contribution in [2.75, 3.05) is 12.4 Å². The van der Waals surface area contributed by atoms with E-state index in [4.69, 9.17) is 16.3 Å². The van der Waals surface area contributed by atoms with Gasteiger partial charge in [0, 0.05) is 22.4 Å². The van der Waals surface area contributed by atoms with Crippen LogP contribution in [0.3, 0.4) is 0 Å². The highest BCUT2D eigenvalue weighted by Crippen LogP contribution is 2.26. The van der Waals surface area contributed by atoms with Gasteiger partial charge in [-0.05, 0) is 37.6 Å². The van der Waals surface area contributed by atoms with Gasteiger partial charge in [-0.25, -0.2) is 0 Å². The number of benzene rings is 1. The lowest BCUT2D eigenvalue weighted by atomic mass is 10.1. The summed E-state index contributed by atoms with van der Waals surface area (Å²) in [5, 5.41) is 1.11. The second-order valence-corrected chi connectivity index (χ2v) is 5.81. The molecule has 1 heterocycles. The Hall–Kier alpha value is -0.510. The summed E-state index contributed by atoms with van der Waals surface area (Å²) >= 11 is 7.47. The largest absolute Gasteiger partial charge is 0.377 e. The van der Waals surface area contributed by atoms with Crippen molar-refractivity contribution < 1.29 is 9.53 Å². The van der Waals surface area contributed by atoms with Crippen LogP contribution >= 0.6 is 23.4 Å². The van der Waals surface area contributed by atoms with Crippen LogP contribution in [-0.2, 0) is 4.74 Å². The van der Waals surface area contributed by atoms with Crippen LogP contribution in [0.5, 0.6) is 0 Å². The molecule has 17 heavy (non-hydrogen) atoms. The number of rotatable bonds is 4. The van der Waals surface area contributed by atoms with Gasteiger partial charge in [0.05, 0.1) is 11.9 Å². The summed E-state index contributed by atoms with van der Waals surface area (Å²) in [6.45, 7) is 2.88. The van der Waals surface area contributed by atoms with Gasteiger partial charge >= 0.3 is 0 Å². The minimum Gasteiger partial charge on any atom is -0.377 e. The molecule has 0 N–H and O–H groups in total. The molecule has 2 unspecified atom stereocenters. The van der Waals surface area contributed by atoms with Crippen LogP contribution in [0.4, 0.5) is 0 Å². The first-order chi connectivity index (χ1) is 8.16. The van der Waals surface area contributed by atoms with E-state index in [0.29, 0.717) is 16.0 Å². The maximum Gasteiger partial charge on any atom is 0.172 e. The highest BCUT2D eigenvalue weighted by atomic mass is 35.5. The molecule has 1 saturated heterocycles. The monoisotopic (exact) mass is 270 g/mol. The van der Waals surface area contributed by atoms with Crippen molar-refractivity contribution in [2.45, 2.75) is 24.7 Å². The third-order valence-electron chi connectivity index (χ3n) is 2.90. The molecule has 2 nitrogen and oxygen atoms in total. The minimum atomic E-state index is 0.158. The van der Waals surface area contributed by atoms with Gasteiger partial charge in [0.1, 0.15) is 0 Å². The van der Waals surface area contributed by atoms with E-state index in [1.54, 1.807) is 36.0 Å². The molecule has 92 valence electrons. The molecule has 1 aliphatic heterocycles. The average molecular weight is 271 g/mol. The molecule has 1 aromatic rings. The Kier molecular flexibility index (Phi) is 4.48. The number of Topliss-reactive ketones (excluding diaryl/α,β-unsaturated/α-hetero) is 1. The molecule has 4 heteroatoms. The van der Waals surface area contributed by atoms with Gasteiger partial charge in [0.25, 0.3) is 0 Å². The third-order valence-corrected chi connectivity index (χ3v) is 4.63. The fourth-order valence-corrected chi connectivity index (χ4v) is 3.10. The van der Waals surface area contributed by atoms with E-state index in [-0.39, 0.29) is 11.9 Å². The lowest BCUT2D eigenvalue weighted by Gasteiger charge is -2.12. The minimum absolute atomic E-state index is 0.158. The molecule has 0 radical (unpaired) electrons. The zero-order valence-electron chi connectivity index (χ0n) is 9.69. The number of ketones is 1. The quantitative estimate of drug-likeness (QED) is 0.784. The molecule has 0 saturated carbocycles. The number of thioether (sulfide) groups is 1. The van der Waals surface area contributed by atoms with Crippen LogP contribution in [0.1, 0.15) is 23.7 Å². The number of ether oxygens (including phenoxy) is 1. The van der Waals surface area contributed by atoms with E-state index in [9.17, 15) is 4.79 Å². The highest BCUT2D eigenvalue weighted by molar-refractivity contribution is 8.00. The van der Waals surface area contributed by atoms with Crippen LogP contribution in [0, 0.1) is 0 Å². The van der Waals surface area contributed by atoms with Crippen molar-refractivity contribution in [3.05, 3.63) is 34.9 Å². The fraction of sp³-hybridized carbons (Fsp3) is 0.462. The first kappa shape index (κ1) is 12.9. The van der Waals surface area contributed by atoms with E-state index >= 15 is 0 Å². The number of hydrogen-bond donors (Lipinski definition) is 0. The summed E-state index contributed by atoms with van der Waals surface area (Å²) < 4.78 is 5.47. The number of halogens is 1. The smallest absolute Gasteiger partial charge is 0.172 e. The molecule has 1 aromatic carbocycles. The molecular weight excluding hydrogens is 256 g/mol. The molecular formula is C13H15ClO2S. The van der Waals surface area contributed by atoms with Gasteiger partial charge in [-0.15, -0.1) is 11.8 Å². The Balaban J connectivity index is 1.87. The molecule has 1 fully saturated rings. The number of hydrogen-bond acceptors (Lipinski definition) is 3. The van der Waals surface area contributed by atoms with Gasteiger partial charge in [-0.1, -0.05) is 11.6 Å². The van der Waals surface area contributed by atoms with Crippen LogP contribution < -0.4 is 0 Å². The zero-order chi connectivity index (χ0) is 12.3. The highest BCUT2D eigenvalue weighted by Gasteiger charge is 2.25. The summed E-state index contributed by atoms with van der Waals surface area (Å²) in [6, 6.07) is 7.06. The van der Waals surface area contributed by atoms with E-state index < -0.39 is 0 Å². The van der Waals surface area contributed by atoms with Crippen molar-refractivity contribution in [2.24, 2.45) is 0 Å². The van der Waals surface area contributed by atoms with Gasteiger partial charge in [0.2, 0.25) is 0 Å². The van der Waals surface area contributed by atoms with Crippen molar-refractivity contribution >= 4 is 29.1 Å². The van der Waals surface area contributed by atoms with Gasteiger partial charge in [-0.2, -0.15) is 0 Å². The van der Waals surface area contributed by atoms with E-state index in [2.05, 4.69) is 6.92 Å². The lowest BCUT2D eigenvalue weighted by molar-refractivity contribution is 0.102. The summed E-state index contributed by atoms with van der Waals surface area (Å²) in [5.41, 5.74) is 0.730. The Morgan fingerprint density at radius 2 is 2.18 bits per heavy atom. The van der Waals surface area contributed by atoms with Crippen LogP contribution in [0.2, 0.25) is 5.02 Å². The molecule has 2 atom stereocenters. The maximum atomic E-state index is 11.9. The maximum absolute atomic E-state index is 11.9. The first-order valence-corrected chi connectivity index (χ1v) is 7.11. The lowest BCUT2D eigenvalue weighted by Crippen LogP contribution is -2.16. The standard InChI is InChI=1S/C13H15ClO2S/c1-9-13(6-7-16-9)17-8-12(15)10-2-4-11(14)5-3-10/h2-5,9,13H,6-8H2,1H3. The summed E-state index contributed by atoms with van der Waals surface area (Å²) in [6.07, 6.45) is 1.30. The molecule has 1 aliphatic rings. The third kappa shape index (κ3) is 3.47. The van der Waals surface area contributed by atoms with Crippen molar-refractivity contribution in [1.82, 2.24) is 0 Å². The topological polar surface area (TPSA) is 26.3 Å². The molecule has 0 amide bonds. The molecule has 0 aromatic heterocycles. The first-order valence-electron chi connectivity index (χ1n) is 5.69. The van der Waals surface area contributed by atoms with E-state index in [1.807, 2.05) is 0 Å². The summed E-state index contributed by atoms with van der Waals surface area (Å²) in [5.74, 6) is 0.672. The number of carbonyl (C=O) groups is 1. The van der Waals surface area contributed by atoms with E-state index in [0.717, 1.165) is 18.6 Å². The van der Waals surface area contributed by atoms with Crippen molar-refractivity contribution in [3.8, 4) is 0 Å². The normalized spacial score (nSPS) is 23.9. The molecule has 0 bridgehead atoms. The zero-order valence-corrected chi connectivity index (χ0v) is 11.3. The second kappa shape index (κ2) is 5.89. The SMILES string of the molecule is CC1OCCC1SCC(=O)c1ccc(Cl)cc1. The average Bonchev–Trinajstić information content (AvgIpc) is 2.73. The summed E-state index contributed by atoms with van der Waals surface area (Å²) in [4.78, 5) is 11.9. The van der Waals surface area contributed by atoms with Crippen LogP contribution in [0.25, 0.3) is 0 Å².